The highest BCUT2D eigenvalue weighted by atomic mass is 16.6. The number of carbonyl (C=O) groups excluding carboxylic acids is 1. The van der Waals surface area contributed by atoms with Gasteiger partial charge in [0.05, 0.1) is 0 Å². The topological polar surface area (TPSA) is 32.8 Å². The van der Waals surface area contributed by atoms with E-state index >= 15 is 0 Å². The molecule has 1 amide bonds. The van der Waals surface area contributed by atoms with Gasteiger partial charge in [0.25, 0.3) is 0 Å². The SMILES string of the molecule is CC(C)(C)OC(=O)N1CC2(CC(N3CCC[C@H]3c3ccccc3C3CC3)C2)C1. The fourth-order valence-corrected chi connectivity index (χ4v) is 5.79. The van der Waals surface area contributed by atoms with E-state index in [1.807, 2.05) is 25.7 Å². The van der Waals surface area contributed by atoms with Crippen molar-refractivity contribution in [3.05, 3.63) is 35.4 Å². The van der Waals surface area contributed by atoms with Gasteiger partial charge in [-0.3, -0.25) is 4.90 Å². The summed E-state index contributed by atoms with van der Waals surface area (Å²) >= 11 is 0. The molecule has 0 aromatic heterocycles. The minimum atomic E-state index is -0.403. The first-order valence-electron chi connectivity index (χ1n) is 11.2. The second kappa shape index (κ2) is 6.48. The quantitative estimate of drug-likeness (QED) is 0.729. The van der Waals surface area contributed by atoms with Gasteiger partial charge in [-0.25, -0.2) is 4.79 Å². The van der Waals surface area contributed by atoms with Crippen LogP contribution in [0.2, 0.25) is 0 Å². The molecule has 0 radical (unpaired) electrons. The van der Waals surface area contributed by atoms with Gasteiger partial charge >= 0.3 is 6.09 Å². The van der Waals surface area contributed by atoms with Crippen molar-refractivity contribution in [2.45, 2.75) is 82.9 Å². The van der Waals surface area contributed by atoms with Crippen LogP contribution >= 0.6 is 0 Å². The fourth-order valence-electron chi connectivity index (χ4n) is 5.79. The second-order valence-electron chi connectivity index (χ2n) is 10.7. The van der Waals surface area contributed by atoms with E-state index in [1.165, 1.54) is 45.1 Å². The number of ether oxygens (including phenoxy) is 1. The molecule has 2 aliphatic heterocycles. The Morgan fingerprint density at radius 2 is 1.75 bits per heavy atom. The van der Waals surface area contributed by atoms with Gasteiger partial charge in [-0.05, 0) is 82.9 Å². The van der Waals surface area contributed by atoms with Crippen molar-refractivity contribution in [3.63, 3.8) is 0 Å². The third kappa shape index (κ3) is 3.34. The maximum Gasteiger partial charge on any atom is 0.410 e. The predicted octanol–water partition coefficient (Wildman–Crippen LogP) is 5.10. The Hall–Kier alpha value is -1.55. The zero-order valence-corrected chi connectivity index (χ0v) is 17.6. The Kier molecular flexibility index (Phi) is 4.28. The lowest BCUT2D eigenvalue weighted by Gasteiger charge is -2.61. The monoisotopic (exact) mass is 382 g/mol. The molecule has 0 N–H and O–H groups in total. The van der Waals surface area contributed by atoms with Crippen molar-refractivity contribution in [2.24, 2.45) is 5.41 Å². The number of amides is 1. The van der Waals surface area contributed by atoms with Crippen molar-refractivity contribution in [1.29, 1.82) is 0 Å². The minimum absolute atomic E-state index is 0.140. The summed E-state index contributed by atoms with van der Waals surface area (Å²) in [6, 6.07) is 10.5. The summed E-state index contributed by atoms with van der Waals surface area (Å²) in [5.41, 5.74) is 3.19. The number of hydrogen-bond acceptors (Lipinski definition) is 3. The standard InChI is InChI=1S/C24H34N2O2/c1-23(2,3)28-22(27)25-15-24(16-25)13-18(14-24)26-12-6-9-21(26)20-8-5-4-7-19(20)17-10-11-17/h4-5,7-8,17-18,21H,6,9-16H2,1-3H3/t21-/m0/s1. The third-order valence-corrected chi connectivity index (χ3v) is 7.18. The number of likely N-dealkylation sites (tertiary alicyclic amines) is 2. The summed E-state index contributed by atoms with van der Waals surface area (Å²) in [5, 5.41) is 0. The maximum absolute atomic E-state index is 12.2. The Labute approximate surface area is 169 Å². The van der Waals surface area contributed by atoms with Crippen LogP contribution in [0, 0.1) is 5.41 Å². The van der Waals surface area contributed by atoms with Gasteiger partial charge in [0.15, 0.2) is 0 Å². The van der Waals surface area contributed by atoms with E-state index in [9.17, 15) is 4.79 Å². The van der Waals surface area contributed by atoms with Crippen molar-refractivity contribution in [2.75, 3.05) is 19.6 Å². The van der Waals surface area contributed by atoms with Crippen LogP contribution in [0.15, 0.2) is 24.3 Å². The molecule has 4 fully saturated rings. The van der Waals surface area contributed by atoms with Gasteiger partial charge in [-0.15, -0.1) is 0 Å². The van der Waals surface area contributed by atoms with Gasteiger partial charge in [0, 0.05) is 30.6 Å². The number of hydrogen-bond donors (Lipinski definition) is 0. The molecule has 28 heavy (non-hydrogen) atoms. The first kappa shape index (κ1) is 18.5. The molecule has 4 aliphatic rings. The molecule has 1 spiro atoms. The van der Waals surface area contributed by atoms with E-state index in [0.29, 0.717) is 17.5 Å². The van der Waals surface area contributed by atoms with Crippen LogP contribution in [0.25, 0.3) is 0 Å². The summed E-state index contributed by atoms with van der Waals surface area (Å²) in [4.78, 5) is 16.9. The maximum atomic E-state index is 12.2. The van der Waals surface area contributed by atoms with Crippen molar-refractivity contribution in [1.82, 2.24) is 9.80 Å². The van der Waals surface area contributed by atoms with Crippen LogP contribution in [0.3, 0.4) is 0 Å². The van der Waals surface area contributed by atoms with Crippen LogP contribution in [0.5, 0.6) is 0 Å². The first-order chi connectivity index (χ1) is 13.3. The van der Waals surface area contributed by atoms with Gasteiger partial charge in [0.1, 0.15) is 5.60 Å². The number of rotatable bonds is 3. The summed E-state index contributed by atoms with van der Waals surface area (Å²) in [5.74, 6) is 0.820. The van der Waals surface area contributed by atoms with Crippen LogP contribution in [-0.2, 0) is 4.74 Å². The smallest absolute Gasteiger partial charge is 0.410 e. The van der Waals surface area contributed by atoms with Crippen LogP contribution < -0.4 is 0 Å². The average molecular weight is 383 g/mol. The van der Waals surface area contributed by atoms with Crippen molar-refractivity contribution in [3.8, 4) is 0 Å². The fraction of sp³-hybridized carbons (Fsp3) is 0.708. The summed E-state index contributed by atoms with van der Waals surface area (Å²) in [6.07, 6.45) is 7.71. The van der Waals surface area contributed by atoms with Gasteiger partial charge in [0.2, 0.25) is 0 Å². The Balaban J connectivity index is 1.20. The normalized spacial score (nSPS) is 27.5. The molecule has 5 rings (SSSR count). The third-order valence-electron chi connectivity index (χ3n) is 7.18. The highest BCUT2D eigenvalue weighted by molar-refractivity contribution is 5.69. The number of carbonyl (C=O) groups is 1. The molecule has 0 bridgehead atoms. The lowest BCUT2D eigenvalue weighted by Crippen LogP contribution is -2.67. The van der Waals surface area contributed by atoms with Gasteiger partial charge in [-0.1, -0.05) is 24.3 Å². The van der Waals surface area contributed by atoms with Crippen LogP contribution in [-0.4, -0.2) is 47.2 Å². The molecule has 4 nitrogen and oxygen atoms in total. The molecule has 1 aromatic rings. The molecule has 152 valence electrons. The van der Waals surface area contributed by atoms with E-state index in [-0.39, 0.29) is 6.09 Å². The molecule has 2 heterocycles. The highest BCUT2D eigenvalue weighted by Gasteiger charge is 2.56. The lowest BCUT2D eigenvalue weighted by molar-refractivity contribution is -0.110. The minimum Gasteiger partial charge on any atom is -0.444 e. The lowest BCUT2D eigenvalue weighted by atomic mass is 9.60. The van der Waals surface area contributed by atoms with Crippen LogP contribution in [0.4, 0.5) is 4.79 Å². The zero-order valence-electron chi connectivity index (χ0n) is 17.6. The molecule has 2 saturated carbocycles. The van der Waals surface area contributed by atoms with Crippen molar-refractivity contribution >= 4 is 6.09 Å². The average Bonchev–Trinajstić information content (AvgIpc) is 3.29. The van der Waals surface area contributed by atoms with E-state index in [2.05, 4.69) is 29.2 Å². The molecule has 1 atom stereocenters. The molecule has 2 saturated heterocycles. The highest BCUT2D eigenvalue weighted by Crippen LogP contribution is 2.54. The Bertz CT molecular complexity index is 750. The molecular weight excluding hydrogens is 348 g/mol. The van der Waals surface area contributed by atoms with Crippen LogP contribution in [0.1, 0.15) is 82.4 Å². The number of benzene rings is 1. The van der Waals surface area contributed by atoms with Crippen molar-refractivity contribution < 1.29 is 9.53 Å². The summed E-state index contributed by atoms with van der Waals surface area (Å²) in [7, 11) is 0. The van der Waals surface area contributed by atoms with E-state index in [0.717, 1.165) is 19.0 Å². The molecule has 0 unspecified atom stereocenters. The molecule has 1 aromatic carbocycles. The molecule has 4 heteroatoms. The van der Waals surface area contributed by atoms with Gasteiger partial charge < -0.3 is 9.64 Å². The van der Waals surface area contributed by atoms with E-state index in [1.54, 1.807) is 11.1 Å². The molecule has 2 aliphatic carbocycles. The largest absolute Gasteiger partial charge is 0.444 e. The Morgan fingerprint density at radius 3 is 2.39 bits per heavy atom. The first-order valence-corrected chi connectivity index (χ1v) is 11.2. The predicted molar refractivity (Wildman–Crippen MR) is 110 cm³/mol. The van der Waals surface area contributed by atoms with Gasteiger partial charge in [-0.2, -0.15) is 0 Å². The Morgan fingerprint density at radius 1 is 1.07 bits per heavy atom. The van der Waals surface area contributed by atoms with E-state index < -0.39 is 5.60 Å². The second-order valence-corrected chi connectivity index (χ2v) is 10.7. The van der Waals surface area contributed by atoms with E-state index in [4.69, 9.17) is 4.74 Å². The summed E-state index contributed by atoms with van der Waals surface area (Å²) < 4.78 is 5.52. The molecular formula is C24H34N2O2. The summed E-state index contributed by atoms with van der Waals surface area (Å²) in [6.45, 7) is 8.82. The number of nitrogens with zero attached hydrogens (tertiary/aromatic N) is 2. The zero-order chi connectivity index (χ0) is 19.5.